The van der Waals surface area contributed by atoms with Crippen molar-refractivity contribution in [3.63, 3.8) is 0 Å². The van der Waals surface area contributed by atoms with Crippen molar-refractivity contribution in [2.45, 2.75) is 26.9 Å². The molecule has 2 heterocycles. The van der Waals surface area contributed by atoms with Gasteiger partial charge in [-0.3, -0.25) is 9.56 Å². The van der Waals surface area contributed by atoms with Gasteiger partial charge in [0.25, 0.3) is 0 Å². The molecule has 0 bridgehead atoms. The Kier molecular flexibility index (Phi) is 7.80. The van der Waals surface area contributed by atoms with Crippen LogP contribution in [0.15, 0.2) is 41.5 Å². The third-order valence-electron chi connectivity index (χ3n) is 4.49. The molecular formula is C22H26N3O6P. The number of hydrogen-bond acceptors (Lipinski definition) is 8. The number of H-pyrrole nitrogens is 1. The maximum absolute atomic E-state index is 12.7. The van der Waals surface area contributed by atoms with Crippen molar-refractivity contribution in [1.29, 1.82) is 0 Å². The summed E-state index contributed by atoms with van der Waals surface area (Å²) in [6.07, 6.45) is 3.05. The van der Waals surface area contributed by atoms with Crippen LogP contribution in [-0.2, 0) is 24.5 Å². The minimum absolute atomic E-state index is 0.108. The molecule has 10 heteroatoms. The molecule has 0 aliphatic carbocycles. The number of benzene rings is 1. The standard InChI is InChI=1S/C22H26N3O6P/c1-4-29-22(27)16-11-18-19(21(26)25-20(18)24-12-16)13-23-17-9-7-15(8-10-17)14-32(28,30-5-2)31-6-3/h7-13,26H,4-6,14H2,1-3H3,(H,24,25). The summed E-state index contributed by atoms with van der Waals surface area (Å²) in [5.41, 5.74) is 2.53. The molecule has 32 heavy (non-hydrogen) atoms. The van der Waals surface area contributed by atoms with Gasteiger partial charge in [0.2, 0.25) is 0 Å². The molecule has 0 saturated carbocycles. The largest absolute Gasteiger partial charge is 0.494 e. The Bertz CT molecular complexity index is 1150. The number of rotatable bonds is 10. The first-order chi connectivity index (χ1) is 15.4. The van der Waals surface area contributed by atoms with Crippen LogP contribution in [0.2, 0.25) is 0 Å². The Morgan fingerprint density at radius 3 is 2.47 bits per heavy atom. The molecule has 0 aliphatic heterocycles. The number of nitrogens with one attached hydrogen (secondary N) is 1. The number of carbonyl (C=O) groups is 1. The van der Waals surface area contributed by atoms with Gasteiger partial charge < -0.3 is 23.9 Å². The number of aliphatic imine (C=N–C) groups is 1. The van der Waals surface area contributed by atoms with Gasteiger partial charge in [0.05, 0.1) is 42.8 Å². The molecule has 0 amide bonds. The minimum Gasteiger partial charge on any atom is -0.494 e. The SMILES string of the molecule is CCOC(=O)c1cnc2[nH]c(O)c(C=Nc3ccc(CP(=O)(OCC)OCC)cc3)c2c1. The van der Waals surface area contributed by atoms with E-state index in [4.69, 9.17) is 13.8 Å². The summed E-state index contributed by atoms with van der Waals surface area (Å²) in [7, 11) is -3.18. The summed E-state index contributed by atoms with van der Waals surface area (Å²) >= 11 is 0. The lowest BCUT2D eigenvalue weighted by molar-refractivity contribution is 0.0526. The van der Waals surface area contributed by atoms with Gasteiger partial charge in [-0.25, -0.2) is 9.78 Å². The molecule has 2 aromatic heterocycles. The van der Waals surface area contributed by atoms with Gasteiger partial charge >= 0.3 is 13.6 Å². The summed E-state index contributed by atoms with van der Waals surface area (Å²) < 4.78 is 28.3. The second kappa shape index (κ2) is 10.5. The first-order valence-corrected chi connectivity index (χ1v) is 12.0. The predicted molar refractivity (Wildman–Crippen MR) is 122 cm³/mol. The number of aromatic amines is 1. The zero-order valence-corrected chi connectivity index (χ0v) is 19.1. The molecular weight excluding hydrogens is 433 g/mol. The molecule has 0 unspecified atom stereocenters. The lowest BCUT2D eigenvalue weighted by Crippen LogP contribution is -2.04. The van der Waals surface area contributed by atoms with Crippen LogP contribution >= 0.6 is 7.60 Å². The number of aromatic nitrogens is 2. The zero-order chi connectivity index (χ0) is 23.1. The number of hydrogen-bond donors (Lipinski definition) is 2. The van der Waals surface area contributed by atoms with E-state index in [1.807, 2.05) is 0 Å². The van der Waals surface area contributed by atoms with Crippen LogP contribution in [0.25, 0.3) is 11.0 Å². The van der Waals surface area contributed by atoms with Crippen molar-refractivity contribution < 1.29 is 28.3 Å². The van der Waals surface area contributed by atoms with E-state index in [1.54, 1.807) is 51.1 Å². The van der Waals surface area contributed by atoms with Gasteiger partial charge in [-0.2, -0.15) is 0 Å². The number of ether oxygens (including phenoxy) is 1. The predicted octanol–water partition coefficient (Wildman–Crippen LogP) is 4.96. The number of nitrogens with zero attached hydrogens (tertiary/aromatic N) is 2. The molecule has 2 N–H and O–H groups in total. The third kappa shape index (κ3) is 5.62. The van der Waals surface area contributed by atoms with Crippen LogP contribution in [0.5, 0.6) is 5.88 Å². The van der Waals surface area contributed by atoms with Crippen molar-refractivity contribution in [2.24, 2.45) is 4.99 Å². The maximum Gasteiger partial charge on any atom is 0.339 e. The molecule has 0 radical (unpaired) electrons. The normalized spacial score (nSPS) is 12.0. The fraction of sp³-hybridized carbons (Fsp3) is 0.318. The average molecular weight is 459 g/mol. The van der Waals surface area contributed by atoms with Crippen LogP contribution in [0, 0.1) is 0 Å². The third-order valence-corrected chi connectivity index (χ3v) is 6.54. The van der Waals surface area contributed by atoms with Crippen LogP contribution in [0.4, 0.5) is 5.69 Å². The number of pyridine rings is 1. The topological polar surface area (TPSA) is 123 Å². The quantitative estimate of drug-likeness (QED) is 0.249. The van der Waals surface area contributed by atoms with E-state index in [0.29, 0.717) is 35.5 Å². The van der Waals surface area contributed by atoms with Crippen molar-refractivity contribution in [2.75, 3.05) is 19.8 Å². The van der Waals surface area contributed by atoms with E-state index >= 15 is 0 Å². The van der Waals surface area contributed by atoms with Crippen molar-refractivity contribution in [3.8, 4) is 5.88 Å². The van der Waals surface area contributed by atoms with Crippen molar-refractivity contribution in [3.05, 3.63) is 53.2 Å². The Labute approximate surface area is 186 Å². The van der Waals surface area contributed by atoms with Gasteiger partial charge in [0.1, 0.15) is 5.65 Å². The lowest BCUT2D eigenvalue weighted by atomic mass is 10.1. The van der Waals surface area contributed by atoms with Gasteiger partial charge in [0.15, 0.2) is 5.88 Å². The van der Waals surface area contributed by atoms with E-state index in [9.17, 15) is 14.5 Å². The summed E-state index contributed by atoms with van der Waals surface area (Å²) in [6.45, 7) is 6.14. The van der Waals surface area contributed by atoms with E-state index in [1.165, 1.54) is 12.4 Å². The van der Waals surface area contributed by atoms with E-state index in [2.05, 4.69) is 15.0 Å². The first-order valence-electron chi connectivity index (χ1n) is 10.3. The monoisotopic (exact) mass is 459 g/mol. The molecule has 0 fully saturated rings. The van der Waals surface area contributed by atoms with E-state index in [0.717, 1.165) is 5.56 Å². The Morgan fingerprint density at radius 1 is 1.16 bits per heavy atom. The molecule has 0 atom stereocenters. The summed E-state index contributed by atoms with van der Waals surface area (Å²) in [5, 5.41) is 10.8. The highest BCUT2D eigenvalue weighted by molar-refractivity contribution is 7.53. The minimum atomic E-state index is -3.18. The molecule has 3 rings (SSSR count). The molecule has 3 aromatic rings. The van der Waals surface area contributed by atoms with E-state index < -0.39 is 13.6 Å². The van der Waals surface area contributed by atoms with Crippen molar-refractivity contribution >= 4 is 36.5 Å². The number of fused-ring (bicyclic) bond motifs is 1. The highest BCUT2D eigenvalue weighted by Crippen LogP contribution is 2.51. The van der Waals surface area contributed by atoms with Crippen molar-refractivity contribution in [1.82, 2.24) is 9.97 Å². The van der Waals surface area contributed by atoms with Gasteiger partial charge in [-0.15, -0.1) is 0 Å². The summed E-state index contributed by atoms with van der Waals surface area (Å²) in [5.74, 6) is -0.597. The van der Waals surface area contributed by atoms with Crippen LogP contribution < -0.4 is 0 Å². The zero-order valence-electron chi connectivity index (χ0n) is 18.2. The van der Waals surface area contributed by atoms with Crippen LogP contribution in [0.1, 0.15) is 42.3 Å². The van der Waals surface area contributed by atoms with Crippen LogP contribution in [-0.4, -0.2) is 47.1 Å². The second-order valence-electron chi connectivity index (χ2n) is 6.76. The smallest absolute Gasteiger partial charge is 0.339 e. The molecule has 0 saturated heterocycles. The molecule has 9 nitrogen and oxygen atoms in total. The number of esters is 1. The van der Waals surface area contributed by atoms with Gasteiger partial charge in [-0.1, -0.05) is 12.1 Å². The number of aromatic hydroxyl groups is 1. The molecule has 0 spiro atoms. The molecule has 0 aliphatic rings. The highest BCUT2D eigenvalue weighted by Gasteiger charge is 2.23. The Hall–Kier alpha value is -3.00. The first kappa shape index (κ1) is 23.7. The number of carbonyl (C=O) groups excluding carboxylic acids is 1. The molecule has 1 aromatic carbocycles. The Balaban J connectivity index is 1.81. The summed E-state index contributed by atoms with van der Waals surface area (Å²) in [6, 6.07) is 8.73. The van der Waals surface area contributed by atoms with Gasteiger partial charge in [-0.05, 0) is 44.5 Å². The fourth-order valence-corrected chi connectivity index (χ4v) is 4.81. The maximum atomic E-state index is 12.7. The van der Waals surface area contributed by atoms with E-state index in [-0.39, 0.29) is 24.2 Å². The summed E-state index contributed by atoms with van der Waals surface area (Å²) in [4.78, 5) is 23.3. The molecule has 170 valence electrons. The van der Waals surface area contributed by atoms with Crippen LogP contribution in [0.3, 0.4) is 0 Å². The Morgan fingerprint density at radius 2 is 1.84 bits per heavy atom. The lowest BCUT2D eigenvalue weighted by Gasteiger charge is -2.16. The van der Waals surface area contributed by atoms with Gasteiger partial charge in [0, 0.05) is 17.8 Å². The second-order valence-corrected chi connectivity index (χ2v) is 8.81. The highest BCUT2D eigenvalue weighted by atomic mass is 31.2. The fourth-order valence-electron chi connectivity index (χ4n) is 3.11. The average Bonchev–Trinajstić information content (AvgIpc) is 3.08.